The fourth-order valence-corrected chi connectivity index (χ4v) is 4.45. The molecular weight excluding hydrogens is 419 g/mol. The van der Waals surface area contributed by atoms with Crippen LogP contribution in [0.15, 0.2) is 18.2 Å². The predicted octanol–water partition coefficient (Wildman–Crippen LogP) is 4.80. The van der Waals surface area contributed by atoms with Crippen molar-refractivity contribution in [3.8, 4) is 0 Å². The van der Waals surface area contributed by atoms with E-state index in [9.17, 15) is 4.79 Å². The van der Waals surface area contributed by atoms with Crippen LogP contribution in [0.25, 0.3) is 0 Å². The van der Waals surface area contributed by atoms with Crippen molar-refractivity contribution in [2.24, 2.45) is 0 Å². The van der Waals surface area contributed by atoms with Crippen molar-refractivity contribution in [2.45, 2.75) is 53.0 Å². The van der Waals surface area contributed by atoms with Gasteiger partial charge in [-0.2, -0.15) is 0 Å². The normalized spacial score (nSPS) is 16.8. The number of nitrogens with zero attached hydrogens (tertiary/aromatic N) is 4. The van der Waals surface area contributed by atoms with E-state index in [2.05, 4.69) is 4.90 Å². The van der Waals surface area contributed by atoms with E-state index in [4.69, 9.17) is 33.2 Å². The monoisotopic (exact) mass is 448 g/mol. The highest BCUT2D eigenvalue weighted by Crippen LogP contribution is 2.29. The lowest BCUT2D eigenvalue weighted by Gasteiger charge is -2.20. The maximum absolute atomic E-state index is 12.5. The molecule has 1 aliphatic rings. The molecule has 1 fully saturated rings. The molecule has 1 aliphatic heterocycles. The number of likely N-dealkylation sites (N-methyl/N-ethyl adjacent to an activating group) is 1. The fraction of sp³-hybridized carbons (Fsp3) is 0.522. The van der Waals surface area contributed by atoms with Gasteiger partial charge in [0.25, 0.3) is 0 Å². The summed E-state index contributed by atoms with van der Waals surface area (Å²) in [4.78, 5) is 26.4. The molecule has 2 aromatic rings. The minimum atomic E-state index is 0.135. The van der Waals surface area contributed by atoms with Crippen LogP contribution in [-0.2, 0) is 17.8 Å². The van der Waals surface area contributed by atoms with Gasteiger partial charge in [0.2, 0.25) is 5.91 Å². The van der Waals surface area contributed by atoms with Crippen molar-refractivity contribution < 1.29 is 4.79 Å². The third kappa shape index (κ3) is 5.32. The van der Waals surface area contributed by atoms with E-state index < -0.39 is 0 Å². The molecule has 7 heteroatoms. The van der Waals surface area contributed by atoms with Gasteiger partial charge in [-0.05, 0) is 58.4 Å². The standard InChI is InChI=1S/C23H30Cl2N4O/c1-5-29(6-2)22(30)12-19-15(3)26-23(27-16(19)4)18-9-10-28(14-18)13-17-7-8-20(24)21(25)11-17/h7-8,11,18H,5-6,9-10,12-14H2,1-4H3/t18-/m0/s1. The Morgan fingerprint density at radius 1 is 1.13 bits per heavy atom. The number of aromatic nitrogens is 2. The molecule has 0 bridgehead atoms. The molecule has 1 aromatic carbocycles. The largest absolute Gasteiger partial charge is 0.343 e. The van der Waals surface area contributed by atoms with Crippen molar-refractivity contribution in [2.75, 3.05) is 26.2 Å². The van der Waals surface area contributed by atoms with E-state index >= 15 is 0 Å². The van der Waals surface area contributed by atoms with Crippen LogP contribution >= 0.6 is 23.2 Å². The van der Waals surface area contributed by atoms with Gasteiger partial charge in [0, 0.05) is 49.0 Å². The zero-order valence-electron chi connectivity index (χ0n) is 18.2. The van der Waals surface area contributed by atoms with E-state index in [-0.39, 0.29) is 5.91 Å². The second-order valence-electron chi connectivity index (χ2n) is 7.94. The molecule has 2 heterocycles. The predicted molar refractivity (Wildman–Crippen MR) is 122 cm³/mol. The third-order valence-electron chi connectivity index (χ3n) is 5.91. The number of likely N-dealkylation sites (tertiary alicyclic amines) is 1. The number of benzene rings is 1. The quantitative estimate of drug-likeness (QED) is 0.609. The molecule has 1 amide bonds. The SMILES string of the molecule is CCN(CC)C(=O)Cc1c(C)nc([C@H]2CCN(Cc3ccc(Cl)c(Cl)c3)C2)nc1C. The first-order valence-corrected chi connectivity index (χ1v) is 11.4. The summed E-state index contributed by atoms with van der Waals surface area (Å²) in [7, 11) is 0. The van der Waals surface area contributed by atoms with E-state index in [1.165, 1.54) is 0 Å². The van der Waals surface area contributed by atoms with Gasteiger partial charge in [0.15, 0.2) is 0 Å². The molecule has 0 spiro atoms. The first kappa shape index (κ1) is 23.0. The summed E-state index contributed by atoms with van der Waals surface area (Å²) in [5, 5.41) is 1.17. The van der Waals surface area contributed by atoms with Gasteiger partial charge in [0.05, 0.1) is 16.5 Å². The topological polar surface area (TPSA) is 49.3 Å². The number of carbonyl (C=O) groups is 1. The lowest BCUT2D eigenvalue weighted by molar-refractivity contribution is -0.130. The van der Waals surface area contributed by atoms with Crippen LogP contribution in [0.5, 0.6) is 0 Å². The average Bonchev–Trinajstić information content (AvgIpc) is 3.17. The maximum Gasteiger partial charge on any atom is 0.227 e. The van der Waals surface area contributed by atoms with Crippen LogP contribution in [0.2, 0.25) is 10.0 Å². The fourth-order valence-electron chi connectivity index (χ4n) is 4.13. The Bertz CT molecular complexity index is 891. The van der Waals surface area contributed by atoms with Crippen LogP contribution in [0, 0.1) is 13.8 Å². The van der Waals surface area contributed by atoms with Crippen molar-refractivity contribution >= 4 is 29.1 Å². The van der Waals surface area contributed by atoms with Crippen molar-refractivity contribution in [3.63, 3.8) is 0 Å². The maximum atomic E-state index is 12.5. The number of aryl methyl sites for hydroxylation is 2. The summed E-state index contributed by atoms with van der Waals surface area (Å²) < 4.78 is 0. The molecule has 1 aromatic heterocycles. The molecule has 30 heavy (non-hydrogen) atoms. The number of rotatable bonds is 7. The average molecular weight is 449 g/mol. The summed E-state index contributed by atoms with van der Waals surface area (Å²) in [5.74, 6) is 1.33. The number of carbonyl (C=O) groups excluding carboxylic acids is 1. The molecular formula is C23H30Cl2N4O. The minimum Gasteiger partial charge on any atom is -0.343 e. The Hall–Kier alpha value is -1.69. The molecule has 0 radical (unpaired) electrons. The van der Waals surface area contributed by atoms with Gasteiger partial charge in [-0.15, -0.1) is 0 Å². The molecule has 1 atom stereocenters. The zero-order valence-corrected chi connectivity index (χ0v) is 19.7. The van der Waals surface area contributed by atoms with Gasteiger partial charge in [-0.25, -0.2) is 9.97 Å². The first-order valence-electron chi connectivity index (χ1n) is 10.6. The third-order valence-corrected chi connectivity index (χ3v) is 6.65. The molecule has 0 saturated carbocycles. The Balaban J connectivity index is 1.68. The number of hydrogen-bond acceptors (Lipinski definition) is 4. The van der Waals surface area contributed by atoms with E-state index in [0.29, 0.717) is 22.4 Å². The first-order chi connectivity index (χ1) is 14.3. The van der Waals surface area contributed by atoms with Crippen molar-refractivity contribution in [1.29, 1.82) is 0 Å². The minimum absolute atomic E-state index is 0.135. The Morgan fingerprint density at radius 2 is 1.80 bits per heavy atom. The lowest BCUT2D eigenvalue weighted by atomic mass is 10.0. The molecule has 5 nitrogen and oxygen atoms in total. The number of hydrogen-bond donors (Lipinski definition) is 0. The summed E-state index contributed by atoms with van der Waals surface area (Å²) >= 11 is 12.2. The lowest BCUT2D eigenvalue weighted by Crippen LogP contribution is -2.32. The molecule has 0 unspecified atom stereocenters. The second-order valence-corrected chi connectivity index (χ2v) is 8.76. The summed E-state index contributed by atoms with van der Waals surface area (Å²) in [6, 6.07) is 5.80. The number of halogens is 2. The van der Waals surface area contributed by atoms with Crippen LogP contribution in [0.3, 0.4) is 0 Å². The highest BCUT2D eigenvalue weighted by molar-refractivity contribution is 6.42. The summed E-state index contributed by atoms with van der Waals surface area (Å²) in [5.41, 5.74) is 3.95. The number of amides is 1. The molecule has 162 valence electrons. The Labute approximate surface area is 189 Å². The summed E-state index contributed by atoms with van der Waals surface area (Å²) in [6.07, 6.45) is 1.39. The molecule has 0 N–H and O–H groups in total. The second kappa shape index (κ2) is 10.1. The Morgan fingerprint density at radius 3 is 2.40 bits per heavy atom. The summed E-state index contributed by atoms with van der Waals surface area (Å²) in [6.45, 7) is 12.2. The zero-order chi connectivity index (χ0) is 21.8. The van der Waals surface area contributed by atoms with E-state index in [1.807, 2.05) is 50.8 Å². The highest BCUT2D eigenvalue weighted by Gasteiger charge is 2.27. The van der Waals surface area contributed by atoms with Gasteiger partial charge in [0.1, 0.15) is 5.82 Å². The van der Waals surface area contributed by atoms with Crippen LogP contribution in [0.4, 0.5) is 0 Å². The molecule has 0 aliphatic carbocycles. The van der Waals surface area contributed by atoms with Crippen LogP contribution in [-0.4, -0.2) is 51.9 Å². The van der Waals surface area contributed by atoms with E-state index in [1.54, 1.807) is 0 Å². The van der Waals surface area contributed by atoms with Gasteiger partial charge in [-0.3, -0.25) is 9.69 Å². The van der Waals surface area contributed by atoms with Gasteiger partial charge < -0.3 is 4.90 Å². The van der Waals surface area contributed by atoms with Gasteiger partial charge in [-0.1, -0.05) is 29.3 Å². The molecule has 1 saturated heterocycles. The van der Waals surface area contributed by atoms with Crippen molar-refractivity contribution in [1.82, 2.24) is 19.8 Å². The van der Waals surface area contributed by atoms with Crippen LogP contribution < -0.4 is 0 Å². The molecule has 3 rings (SSSR count). The van der Waals surface area contributed by atoms with Crippen molar-refractivity contribution in [3.05, 3.63) is 56.6 Å². The van der Waals surface area contributed by atoms with Gasteiger partial charge >= 0.3 is 0 Å². The van der Waals surface area contributed by atoms with E-state index in [0.717, 1.165) is 67.5 Å². The van der Waals surface area contributed by atoms with Crippen LogP contribution in [0.1, 0.15) is 54.5 Å². The highest BCUT2D eigenvalue weighted by atomic mass is 35.5. The Kier molecular flexibility index (Phi) is 7.72. The smallest absolute Gasteiger partial charge is 0.227 e.